The van der Waals surface area contributed by atoms with Crippen LogP contribution >= 0.6 is 0 Å². The number of hydrogen-bond acceptors (Lipinski definition) is 3. The Morgan fingerprint density at radius 1 is 1.11 bits per heavy atom. The van der Waals surface area contributed by atoms with Crippen LogP contribution in [0.25, 0.3) is 0 Å². The summed E-state index contributed by atoms with van der Waals surface area (Å²) < 4.78 is 0. The van der Waals surface area contributed by atoms with Gasteiger partial charge in [0.1, 0.15) is 5.75 Å². The van der Waals surface area contributed by atoms with Gasteiger partial charge in [0.2, 0.25) is 0 Å². The van der Waals surface area contributed by atoms with Crippen molar-refractivity contribution in [3.63, 3.8) is 0 Å². The van der Waals surface area contributed by atoms with E-state index in [0.717, 1.165) is 5.69 Å². The number of aromatic hydroxyl groups is 1. The second-order valence-electron chi connectivity index (χ2n) is 4.45. The number of carbonyl (C=O) groups is 1. The third-order valence-electron chi connectivity index (χ3n) is 2.73. The molecule has 0 aliphatic rings. The molecule has 2 aromatic carbocycles. The van der Waals surface area contributed by atoms with Crippen molar-refractivity contribution in [3.8, 4) is 5.75 Å². The first-order valence-corrected chi connectivity index (χ1v) is 5.94. The van der Waals surface area contributed by atoms with E-state index >= 15 is 0 Å². The minimum atomic E-state index is -0.200. The molecule has 0 atom stereocenters. The van der Waals surface area contributed by atoms with Crippen LogP contribution in [0.5, 0.6) is 5.75 Å². The molecule has 98 valence electrons. The van der Waals surface area contributed by atoms with Crippen LogP contribution in [0.3, 0.4) is 0 Å². The predicted molar refractivity (Wildman–Crippen MR) is 76.8 cm³/mol. The fraction of sp³-hybridized carbons (Fsp3) is 0.133. The van der Waals surface area contributed by atoms with Gasteiger partial charge in [-0.3, -0.25) is 4.79 Å². The molecule has 19 heavy (non-hydrogen) atoms. The Balaban J connectivity index is 2.18. The molecule has 4 nitrogen and oxygen atoms in total. The number of anilines is 2. The number of hydrogen-bond donors (Lipinski definition) is 2. The maximum Gasteiger partial charge on any atom is 0.255 e. The van der Waals surface area contributed by atoms with Crippen LogP contribution in [-0.4, -0.2) is 25.1 Å². The fourth-order valence-corrected chi connectivity index (χ4v) is 1.71. The molecule has 0 aromatic heterocycles. The third kappa shape index (κ3) is 3.25. The van der Waals surface area contributed by atoms with Crippen LogP contribution in [-0.2, 0) is 0 Å². The van der Waals surface area contributed by atoms with Gasteiger partial charge < -0.3 is 15.3 Å². The topological polar surface area (TPSA) is 52.6 Å². The monoisotopic (exact) mass is 256 g/mol. The normalized spacial score (nSPS) is 10.0. The summed E-state index contributed by atoms with van der Waals surface area (Å²) in [4.78, 5) is 14.0. The highest BCUT2D eigenvalue weighted by atomic mass is 16.3. The number of rotatable bonds is 3. The van der Waals surface area contributed by atoms with Crippen LogP contribution in [0, 0.1) is 0 Å². The van der Waals surface area contributed by atoms with Crippen molar-refractivity contribution >= 4 is 17.3 Å². The van der Waals surface area contributed by atoms with Crippen LogP contribution in [0.2, 0.25) is 0 Å². The van der Waals surface area contributed by atoms with E-state index in [4.69, 9.17) is 0 Å². The number of phenolic OH excluding ortho intramolecular Hbond substituents is 1. The first-order chi connectivity index (χ1) is 9.06. The summed E-state index contributed by atoms with van der Waals surface area (Å²) in [7, 11) is 3.85. The fourth-order valence-electron chi connectivity index (χ4n) is 1.71. The molecule has 0 unspecified atom stereocenters. The molecular weight excluding hydrogens is 240 g/mol. The average molecular weight is 256 g/mol. The smallest absolute Gasteiger partial charge is 0.255 e. The van der Waals surface area contributed by atoms with E-state index < -0.39 is 0 Å². The van der Waals surface area contributed by atoms with Gasteiger partial charge in [0.05, 0.1) is 0 Å². The predicted octanol–water partition coefficient (Wildman–Crippen LogP) is 2.71. The summed E-state index contributed by atoms with van der Waals surface area (Å²) >= 11 is 0. The Morgan fingerprint density at radius 3 is 2.53 bits per heavy atom. The Bertz CT molecular complexity index is 594. The third-order valence-corrected chi connectivity index (χ3v) is 2.73. The molecule has 2 aromatic rings. The van der Waals surface area contributed by atoms with Gasteiger partial charge in [-0.1, -0.05) is 12.1 Å². The number of nitrogens with one attached hydrogen (secondary N) is 1. The molecule has 0 saturated carbocycles. The van der Waals surface area contributed by atoms with E-state index in [9.17, 15) is 9.90 Å². The van der Waals surface area contributed by atoms with Gasteiger partial charge in [-0.25, -0.2) is 0 Å². The number of carbonyl (C=O) groups excluding carboxylic acids is 1. The maximum atomic E-state index is 12.1. The first kappa shape index (κ1) is 13.0. The zero-order chi connectivity index (χ0) is 13.8. The highest BCUT2D eigenvalue weighted by molar-refractivity contribution is 6.04. The summed E-state index contributed by atoms with van der Waals surface area (Å²) in [6.07, 6.45) is 0. The lowest BCUT2D eigenvalue weighted by Crippen LogP contribution is -2.14. The molecule has 0 saturated heterocycles. The molecule has 2 N–H and O–H groups in total. The lowest BCUT2D eigenvalue weighted by molar-refractivity contribution is 0.102. The second kappa shape index (κ2) is 5.44. The summed E-state index contributed by atoms with van der Waals surface area (Å²) in [6, 6.07) is 13.8. The van der Waals surface area contributed by atoms with Crippen LogP contribution in [0.1, 0.15) is 10.4 Å². The van der Waals surface area contributed by atoms with Crippen molar-refractivity contribution in [2.24, 2.45) is 0 Å². The standard InChI is InChI=1S/C15H16N2O2/c1-17(2)13-7-3-5-11(9-13)15(19)16-12-6-4-8-14(18)10-12/h3-10,18H,1-2H3,(H,16,19). The van der Waals surface area contributed by atoms with Gasteiger partial charge in [-0.2, -0.15) is 0 Å². The van der Waals surface area contributed by atoms with E-state index in [-0.39, 0.29) is 11.7 Å². The van der Waals surface area contributed by atoms with Gasteiger partial charge in [-0.15, -0.1) is 0 Å². The van der Waals surface area contributed by atoms with E-state index in [1.54, 1.807) is 24.3 Å². The highest BCUT2D eigenvalue weighted by Gasteiger charge is 2.07. The quantitative estimate of drug-likeness (QED) is 0.887. The number of phenols is 1. The van der Waals surface area contributed by atoms with Gasteiger partial charge in [-0.05, 0) is 30.3 Å². The molecule has 2 rings (SSSR count). The molecule has 0 spiro atoms. The molecule has 0 aliphatic heterocycles. The van der Waals surface area contributed by atoms with Gasteiger partial charge in [0, 0.05) is 37.1 Å². The first-order valence-electron chi connectivity index (χ1n) is 5.94. The van der Waals surface area contributed by atoms with Crippen LogP contribution in [0.4, 0.5) is 11.4 Å². The second-order valence-corrected chi connectivity index (χ2v) is 4.45. The average Bonchev–Trinajstić information content (AvgIpc) is 2.39. The van der Waals surface area contributed by atoms with Crippen molar-refractivity contribution in [3.05, 3.63) is 54.1 Å². The largest absolute Gasteiger partial charge is 0.508 e. The van der Waals surface area contributed by atoms with E-state index in [1.807, 2.05) is 37.2 Å². The van der Waals surface area contributed by atoms with E-state index in [1.165, 1.54) is 6.07 Å². The van der Waals surface area contributed by atoms with Crippen LogP contribution in [0.15, 0.2) is 48.5 Å². The van der Waals surface area contributed by atoms with Crippen molar-refractivity contribution in [2.45, 2.75) is 0 Å². The minimum absolute atomic E-state index is 0.125. The Labute approximate surface area is 112 Å². The molecule has 0 fully saturated rings. The number of nitrogens with zero attached hydrogens (tertiary/aromatic N) is 1. The molecule has 0 heterocycles. The Morgan fingerprint density at radius 2 is 1.84 bits per heavy atom. The van der Waals surface area contributed by atoms with Gasteiger partial charge in [0.15, 0.2) is 0 Å². The summed E-state index contributed by atoms with van der Waals surface area (Å²) in [5, 5.41) is 12.1. The minimum Gasteiger partial charge on any atom is -0.508 e. The molecular formula is C15H16N2O2. The lowest BCUT2D eigenvalue weighted by atomic mass is 10.1. The molecule has 1 amide bonds. The summed E-state index contributed by atoms with van der Waals surface area (Å²) in [5.41, 5.74) is 2.11. The zero-order valence-electron chi connectivity index (χ0n) is 10.9. The highest BCUT2D eigenvalue weighted by Crippen LogP contribution is 2.18. The Kier molecular flexibility index (Phi) is 3.71. The molecule has 0 radical (unpaired) electrons. The van der Waals surface area contributed by atoms with Gasteiger partial charge in [0.25, 0.3) is 5.91 Å². The van der Waals surface area contributed by atoms with Crippen molar-refractivity contribution in [1.82, 2.24) is 0 Å². The molecule has 0 bridgehead atoms. The summed E-state index contributed by atoms with van der Waals surface area (Å²) in [5.74, 6) is -0.0749. The zero-order valence-corrected chi connectivity index (χ0v) is 10.9. The van der Waals surface area contributed by atoms with Crippen molar-refractivity contribution in [2.75, 3.05) is 24.3 Å². The van der Waals surface area contributed by atoms with Crippen molar-refractivity contribution in [1.29, 1.82) is 0 Å². The number of amides is 1. The number of benzene rings is 2. The molecule has 0 aliphatic carbocycles. The maximum absolute atomic E-state index is 12.1. The summed E-state index contributed by atoms with van der Waals surface area (Å²) in [6.45, 7) is 0. The SMILES string of the molecule is CN(C)c1cccc(C(=O)Nc2cccc(O)c2)c1. The van der Waals surface area contributed by atoms with Gasteiger partial charge >= 0.3 is 0 Å². The van der Waals surface area contributed by atoms with E-state index in [0.29, 0.717) is 11.3 Å². The van der Waals surface area contributed by atoms with Crippen LogP contribution < -0.4 is 10.2 Å². The lowest BCUT2D eigenvalue weighted by Gasteiger charge is -2.13. The van der Waals surface area contributed by atoms with E-state index in [2.05, 4.69) is 5.32 Å². The van der Waals surface area contributed by atoms with Crippen molar-refractivity contribution < 1.29 is 9.90 Å². The Hall–Kier alpha value is -2.49. The molecule has 4 heteroatoms.